The van der Waals surface area contributed by atoms with Crippen molar-refractivity contribution in [1.82, 2.24) is 10.2 Å². The smallest absolute Gasteiger partial charge is 0.419 e. The van der Waals surface area contributed by atoms with Crippen molar-refractivity contribution < 1.29 is 29.0 Å². The second-order valence-corrected chi connectivity index (χ2v) is 10.2. The van der Waals surface area contributed by atoms with E-state index in [9.17, 15) is 14.4 Å². The van der Waals surface area contributed by atoms with Crippen molar-refractivity contribution in [3.63, 3.8) is 0 Å². The van der Waals surface area contributed by atoms with E-state index in [0.717, 1.165) is 49.8 Å². The summed E-state index contributed by atoms with van der Waals surface area (Å²) in [5.41, 5.74) is 4.95. The van der Waals surface area contributed by atoms with E-state index in [4.69, 9.17) is 14.6 Å². The Kier molecular flexibility index (Phi) is 12.1. The zero-order valence-electron chi connectivity index (χ0n) is 23.2. The van der Waals surface area contributed by atoms with Gasteiger partial charge in [-0.05, 0) is 35.1 Å². The largest absolute Gasteiger partial charge is 0.465 e. The maximum atomic E-state index is 12.0. The summed E-state index contributed by atoms with van der Waals surface area (Å²) < 4.78 is 10.8. The first-order valence-electron chi connectivity index (χ1n) is 14.2. The van der Waals surface area contributed by atoms with Crippen LogP contribution in [0.5, 0.6) is 0 Å². The topological polar surface area (TPSA) is 105 Å². The van der Waals surface area contributed by atoms with E-state index in [0.29, 0.717) is 25.8 Å². The Morgan fingerprint density at radius 1 is 0.769 bits per heavy atom. The maximum absolute atomic E-state index is 12.0. The van der Waals surface area contributed by atoms with Crippen LogP contribution >= 0.6 is 0 Å². The van der Waals surface area contributed by atoms with Crippen LogP contribution in [0.15, 0.2) is 48.5 Å². The molecule has 39 heavy (non-hydrogen) atoms. The minimum atomic E-state index is -1.24. The summed E-state index contributed by atoms with van der Waals surface area (Å²) in [4.78, 5) is 35.5. The Labute approximate surface area is 231 Å². The molecule has 0 radical (unpaired) electrons. The molecule has 3 amide bonds. The minimum absolute atomic E-state index is 0.00794. The number of benzene rings is 2. The predicted octanol–water partition coefficient (Wildman–Crippen LogP) is 6.53. The summed E-state index contributed by atoms with van der Waals surface area (Å²) in [6.07, 6.45) is 6.35. The predicted molar refractivity (Wildman–Crippen MR) is 150 cm³/mol. The van der Waals surface area contributed by atoms with Crippen molar-refractivity contribution in [2.45, 2.75) is 90.3 Å². The second-order valence-electron chi connectivity index (χ2n) is 10.2. The van der Waals surface area contributed by atoms with Gasteiger partial charge in [0.2, 0.25) is 0 Å². The third-order valence-electron chi connectivity index (χ3n) is 7.05. The number of imide groups is 1. The average molecular weight is 539 g/mol. The summed E-state index contributed by atoms with van der Waals surface area (Å²) >= 11 is 0. The van der Waals surface area contributed by atoms with E-state index >= 15 is 0 Å². The molecule has 0 unspecified atom stereocenters. The summed E-state index contributed by atoms with van der Waals surface area (Å²) in [5.74, 6) is 0. The number of fused-ring (bicyclic) bond motifs is 2. The highest BCUT2D eigenvalue weighted by Gasteiger charge is 2.29. The molecule has 0 bridgehead atoms. The van der Waals surface area contributed by atoms with Crippen LogP contribution in [0.2, 0.25) is 0 Å². The van der Waals surface area contributed by atoms with Gasteiger partial charge in [-0.25, -0.2) is 19.3 Å². The number of nitrogens with one attached hydrogen (secondary N) is 1. The van der Waals surface area contributed by atoms with Gasteiger partial charge in [0.25, 0.3) is 0 Å². The molecule has 8 nitrogen and oxygen atoms in total. The third kappa shape index (κ3) is 9.61. The van der Waals surface area contributed by atoms with Crippen LogP contribution in [0.4, 0.5) is 14.4 Å². The molecule has 0 saturated heterocycles. The van der Waals surface area contributed by atoms with Gasteiger partial charge in [-0.1, -0.05) is 88.1 Å². The zero-order valence-corrected chi connectivity index (χ0v) is 23.2. The number of unbranched alkanes of at least 4 members (excludes halogenated alkanes) is 4. The molecule has 2 N–H and O–H groups in total. The van der Waals surface area contributed by atoms with Gasteiger partial charge in [-0.15, -0.1) is 0 Å². The molecular formula is C31H42N2O6. The molecule has 0 fully saturated rings. The van der Waals surface area contributed by atoms with E-state index in [1.807, 2.05) is 43.3 Å². The van der Waals surface area contributed by atoms with Crippen LogP contribution in [-0.4, -0.2) is 53.6 Å². The number of hydrogen-bond acceptors (Lipinski definition) is 5. The van der Waals surface area contributed by atoms with E-state index in [2.05, 4.69) is 24.4 Å². The van der Waals surface area contributed by atoms with Crippen molar-refractivity contribution in [1.29, 1.82) is 0 Å². The number of ether oxygens (including phenoxy) is 2. The fourth-order valence-electron chi connectivity index (χ4n) is 4.95. The quantitative estimate of drug-likeness (QED) is 0.333. The number of rotatable bonds is 10. The lowest BCUT2D eigenvalue weighted by Crippen LogP contribution is -2.39. The highest BCUT2D eigenvalue weighted by molar-refractivity contribution is 5.86. The Hall–Kier alpha value is -3.55. The highest BCUT2D eigenvalue weighted by Crippen LogP contribution is 2.25. The van der Waals surface area contributed by atoms with Gasteiger partial charge >= 0.3 is 18.3 Å². The Bertz CT molecular complexity index is 1040. The first-order valence-corrected chi connectivity index (χ1v) is 14.2. The van der Waals surface area contributed by atoms with E-state index in [1.165, 1.54) is 22.3 Å². The van der Waals surface area contributed by atoms with Crippen LogP contribution in [0.3, 0.4) is 0 Å². The zero-order chi connectivity index (χ0) is 28.0. The molecule has 4 rings (SSSR count). The lowest BCUT2D eigenvalue weighted by Gasteiger charge is -2.19. The number of carbonyl (C=O) groups excluding carboxylic acids is 2. The summed E-state index contributed by atoms with van der Waals surface area (Å²) in [6.45, 7) is 5.08. The Morgan fingerprint density at radius 2 is 1.23 bits per heavy atom. The maximum Gasteiger partial charge on any atom is 0.419 e. The fraction of sp³-hybridized carbons (Fsp3) is 0.516. The van der Waals surface area contributed by atoms with Gasteiger partial charge in [-0.3, -0.25) is 0 Å². The van der Waals surface area contributed by atoms with Gasteiger partial charge in [0.15, 0.2) is 0 Å². The first-order chi connectivity index (χ1) is 18.9. The van der Waals surface area contributed by atoms with E-state index in [1.54, 1.807) is 0 Å². The van der Waals surface area contributed by atoms with Crippen LogP contribution in [0, 0.1) is 0 Å². The minimum Gasteiger partial charge on any atom is -0.465 e. The third-order valence-corrected chi connectivity index (χ3v) is 7.05. The van der Waals surface area contributed by atoms with Gasteiger partial charge < -0.3 is 19.9 Å². The lowest BCUT2D eigenvalue weighted by atomic mass is 10.1. The lowest BCUT2D eigenvalue weighted by molar-refractivity contribution is 0.0649. The summed E-state index contributed by atoms with van der Waals surface area (Å²) in [7, 11) is 0. The van der Waals surface area contributed by atoms with Crippen molar-refractivity contribution in [3.05, 3.63) is 70.8 Å². The standard InChI is InChI=1S/C16H21NO4.C15H21NO2/c1-2-3-6-9-17(15(18)19)16(20)21-14-10-12-7-4-5-8-13(12)11-14;1-2-3-6-9-16-15(17)18-14-10-12-7-4-5-8-13(12)11-14/h4-5,7-8,14H,2-3,6,9-11H2,1H3,(H,18,19);4-5,7-8,14H,2-3,6,9-11H2,1H3,(H,16,17). The van der Waals surface area contributed by atoms with Crippen molar-refractivity contribution in [3.8, 4) is 0 Å². The van der Waals surface area contributed by atoms with Gasteiger partial charge in [0.1, 0.15) is 12.2 Å². The normalized spacial score (nSPS) is 14.0. The van der Waals surface area contributed by atoms with Crippen molar-refractivity contribution >= 4 is 18.3 Å². The molecule has 0 aliphatic heterocycles. The Morgan fingerprint density at radius 3 is 1.69 bits per heavy atom. The number of carboxylic acid groups (broad SMARTS) is 1. The number of nitrogens with zero attached hydrogens (tertiary/aromatic N) is 1. The monoisotopic (exact) mass is 538 g/mol. The summed E-state index contributed by atoms with van der Waals surface area (Å²) in [5, 5.41) is 11.9. The Balaban J connectivity index is 0.000000218. The SMILES string of the molecule is CCCCCN(C(=O)O)C(=O)OC1Cc2ccccc2C1.CCCCCNC(=O)OC1Cc2ccccc2C1. The van der Waals surface area contributed by atoms with Crippen LogP contribution in [-0.2, 0) is 35.2 Å². The van der Waals surface area contributed by atoms with Gasteiger partial charge in [0, 0.05) is 38.8 Å². The number of carbonyl (C=O) groups is 3. The van der Waals surface area contributed by atoms with E-state index in [-0.39, 0.29) is 24.8 Å². The molecule has 0 heterocycles. The molecule has 2 aliphatic rings. The molecule has 0 aromatic heterocycles. The first kappa shape index (κ1) is 30.0. The van der Waals surface area contributed by atoms with Gasteiger partial charge in [-0.2, -0.15) is 0 Å². The molecule has 8 heteroatoms. The highest BCUT2D eigenvalue weighted by atomic mass is 16.6. The van der Waals surface area contributed by atoms with Crippen LogP contribution in [0.1, 0.15) is 74.6 Å². The molecule has 2 aliphatic carbocycles. The van der Waals surface area contributed by atoms with Crippen molar-refractivity contribution in [2.75, 3.05) is 13.1 Å². The van der Waals surface area contributed by atoms with Crippen LogP contribution in [0.25, 0.3) is 0 Å². The number of alkyl carbamates (subject to hydrolysis) is 1. The van der Waals surface area contributed by atoms with E-state index < -0.39 is 12.2 Å². The molecule has 0 atom stereocenters. The van der Waals surface area contributed by atoms with Crippen LogP contribution < -0.4 is 5.32 Å². The number of amides is 3. The molecule has 212 valence electrons. The molecule has 2 aromatic carbocycles. The number of hydrogen-bond donors (Lipinski definition) is 2. The van der Waals surface area contributed by atoms with Crippen molar-refractivity contribution in [2.24, 2.45) is 0 Å². The fourth-order valence-corrected chi connectivity index (χ4v) is 4.95. The molecular weight excluding hydrogens is 496 g/mol. The average Bonchev–Trinajstić information content (AvgIpc) is 3.52. The second kappa shape index (κ2) is 15.8. The summed E-state index contributed by atoms with van der Waals surface area (Å²) in [6, 6.07) is 16.2. The molecule has 2 aromatic rings. The molecule has 0 saturated carbocycles. The molecule has 0 spiro atoms. The van der Waals surface area contributed by atoms with Gasteiger partial charge in [0.05, 0.1) is 0 Å².